The summed E-state index contributed by atoms with van der Waals surface area (Å²) in [6.45, 7) is -0.0327. The summed E-state index contributed by atoms with van der Waals surface area (Å²) >= 11 is 0. The average Bonchev–Trinajstić information content (AvgIpc) is 2.37. The fraction of sp³-hybridized carbons (Fsp3) is 0.312. The second kappa shape index (κ2) is 4.21. The molecule has 1 fully saturated rings. The van der Waals surface area contributed by atoms with Crippen LogP contribution in [0, 0.1) is 5.41 Å². The van der Waals surface area contributed by atoms with Crippen LogP contribution in [0.3, 0.4) is 0 Å². The van der Waals surface area contributed by atoms with Gasteiger partial charge in [0.25, 0.3) is 0 Å². The number of hydrogen-bond acceptors (Lipinski definition) is 2. The van der Waals surface area contributed by atoms with Crippen LogP contribution < -0.4 is 0 Å². The Morgan fingerprint density at radius 1 is 1.11 bits per heavy atom. The van der Waals surface area contributed by atoms with Gasteiger partial charge >= 0.3 is 0 Å². The van der Waals surface area contributed by atoms with E-state index in [2.05, 4.69) is 0 Å². The van der Waals surface area contributed by atoms with Crippen molar-refractivity contribution >= 4 is 16.6 Å². The Morgan fingerprint density at radius 2 is 1.83 bits per heavy atom. The highest BCUT2D eigenvalue weighted by Crippen LogP contribution is 2.43. The summed E-state index contributed by atoms with van der Waals surface area (Å²) in [4.78, 5) is 12.6. The molecule has 1 N–H and O–H groups in total. The van der Waals surface area contributed by atoms with Crippen LogP contribution in [-0.4, -0.2) is 17.5 Å². The molecule has 0 aliphatic heterocycles. The number of hydrogen-bond donors (Lipinski definition) is 1. The third kappa shape index (κ3) is 1.57. The predicted molar refractivity (Wildman–Crippen MR) is 71.6 cm³/mol. The molecule has 0 unspecified atom stereocenters. The zero-order valence-corrected chi connectivity index (χ0v) is 10.2. The molecule has 0 atom stereocenters. The fourth-order valence-corrected chi connectivity index (χ4v) is 2.77. The molecule has 92 valence electrons. The van der Waals surface area contributed by atoms with Gasteiger partial charge in [0.15, 0.2) is 5.78 Å². The predicted octanol–water partition coefficient (Wildman–Crippen LogP) is 3.19. The highest BCUT2D eigenvalue weighted by Gasteiger charge is 2.44. The molecule has 2 heteroatoms. The normalized spacial score (nSPS) is 17.4. The van der Waals surface area contributed by atoms with Crippen LogP contribution in [0.4, 0.5) is 0 Å². The van der Waals surface area contributed by atoms with Gasteiger partial charge in [-0.3, -0.25) is 4.79 Å². The zero-order chi connectivity index (χ0) is 12.6. The lowest BCUT2D eigenvalue weighted by atomic mass is 9.65. The number of benzene rings is 2. The summed E-state index contributed by atoms with van der Waals surface area (Å²) in [5.74, 6) is 0.105. The molecule has 0 radical (unpaired) electrons. The van der Waals surface area contributed by atoms with Gasteiger partial charge < -0.3 is 5.11 Å². The molecule has 0 bridgehead atoms. The monoisotopic (exact) mass is 240 g/mol. The number of Topliss-reactive ketones (excluding diaryl/α,β-unsaturated/α-hetero) is 1. The van der Waals surface area contributed by atoms with Crippen molar-refractivity contribution in [3.05, 3.63) is 48.0 Å². The Balaban J connectivity index is 2.12. The molecule has 0 saturated heterocycles. The van der Waals surface area contributed by atoms with E-state index in [4.69, 9.17) is 0 Å². The van der Waals surface area contributed by atoms with E-state index in [0.717, 1.165) is 35.6 Å². The van der Waals surface area contributed by atoms with E-state index in [0.29, 0.717) is 0 Å². The molecule has 1 aliphatic rings. The first-order valence-electron chi connectivity index (χ1n) is 6.40. The summed E-state index contributed by atoms with van der Waals surface area (Å²) in [5.41, 5.74) is 0.242. The number of rotatable bonds is 3. The van der Waals surface area contributed by atoms with Gasteiger partial charge in [0, 0.05) is 5.56 Å². The van der Waals surface area contributed by atoms with E-state index < -0.39 is 5.41 Å². The molecule has 2 nitrogen and oxygen atoms in total. The van der Waals surface area contributed by atoms with Crippen LogP contribution in [0.2, 0.25) is 0 Å². The number of aliphatic hydroxyl groups is 1. The van der Waals surface area contributed by atoms with Crippen LogP contribution in [-0.2, 0) is 0 Å². The molecular formula is C16H16O2. The number of carbonyl (C=O) groups excluding carboxylic acids is 1. The van der Waals surface area contributed by atoms with Crippen LogP contribution in [0.25, 0.3) is 10.8 Å². The summed E-state index contributed by atoms with van der Waals surface area (Å²) in [7, 11) is 0. The van der Waals surface area contributed by atoms with Crippen molar-refractivity contribution in [2.45, 2.75) is 19.3 Å². The lowest BCUT2D eigenvalue weighted by Gasteiger charge is -2.38. The smallest absolute Gasteiger partial charge is 0.171 e. The van der Waals surface area contributed by atoms with Crippen molar-refractivity contribution < 1.29 is 9.90 Å². The SMILES string of the molecule is O=C(c1cccc2ccccc12)C1(CO)CCC1. The van der Waals surface area contributed by atoms with Crippen molar-refractivity contribution in [2.24, 2.45) is 5.41 Å². The Labute approximate surface area is 106 Å². The van der Waals surface area contributed by atoms with Gasteiger partial charge in [-0.25, -0.2) is 0 Å². The van der Waals surface area contributed by atoms with Crippen molar-refractivity contribution in [3.8, 4) is 0 Å². The lowest BCUT2D eigenvalue weighted by molar-refractivity contribution is 0.0350. The molecule has 3 rings (SSSR count). The van der Waals surface area contributed by atoms with Gasteiger partial charge in [0.1, 0.15) is 0 Å². The Bertz CT molecular complexity index is 586. The first kappa shape index (κ1) is 11.4. The van der Waals surface area contributed by atoms with Crippen LogP contribution >= 0.6 is 0 Å². The quantitative estimate of drug-likeness (QED) is 0.837. The maximum atomic E-state index is 12.6. The van der Waals surface area contributed by atoms with Crippen molar-refractivity contribution in [2.75, 3.05) is 6.61 Å². The Kier molecular flexibility index (Phi) is 2.67. The summed E-state index contributed by atoms with van der Waals surface area (Å²) in [6.07, 6.45) is 2.66. The highest BCUT2D eigenvalue weighted by molar-refractivity contribution is 6.11. The van der Waals surface area contributed by atoms with Crippen LogP contribution in [0.5, 0.6) is 0 Å². The second-order valence-electron chi connectivity index (χ2n) is 5.15. The molecule has 1 aliphatic carbocycles. The third-order valence-electron chi connectivity index (χ3n) is 4.13. The molecule has 0 heterocycles. The van der Waals surface area contributed by atoms with Gasteiger partial charge in [-0.15, -0.1) is 0 Å². The van der Waals surface area contributed by atoms with Crippen LogP contribution in [0.1, 0.15) is 29.6 Å². The van der Waals surface area contributed by atoms with Gasteiger partial charge in [0.2, 0.25) is 0 Å². The third-order valence-corrected chi connectivity index (χ3v) is 4.13. The molecule has 2 aromatic rings. The van der Waals surface area contributed by atoms with E-state index in [9.17, 15) is 9.90 Å². The maximum absolute atomic E-state index is 12.6. The molecule has 0 spiro atoms. The maximum Gasteiger partial charge on any atom is 0.171 e. The van der Waals surface area contributed by atoms with E-state index in [-0.39, 0.29) is 12.4 Å². The van der Waals surface area contributed by atoms with Gasteiger partial charge in [-0.2, -0.15) is 0 Å². The lowest BCUT2D eigenvalue weighted by Crippen LogP contribution is -2.41. The summed E-state index contributed by atoms with van der Waals surface area (Å²) < 4.78 is 0. The van der Waals surface area contributed by atoms with E-state index in [1.165, 1.54) is 0 Å². The first-order chi connectivity index (χ1) is 8.77. The highest BCUT2D eigenvalue weighted by atomic mass is 16.3. The standard InChI is InChI=1S/C16H16O2/c17-11-16(9-4-10-16)15(18)14-8-3-6-12-5-1-2-7-13(12)14/h1-3,5-8,17H,4,9-11H2. The molecule has 0 amide bonds. The largest absolute Gasteiger partial charge is 0.395 e. The van der Waals surface area contributed by atoms with Gasteiger partial charge in [-0.05, 0) is 23.6 Å². The van der Waals surface area contributed by atoms with Crippen molar-refractivity contribution in [3.63, 3.8) is 0 Å². The van der Waals surface area contributed by atoms with E-state index >= 15 is 0 Å². The Morgan fingerprint density at radius 3 is 2.50 bits per heavy atom. The number of aliphatic hydroxyl groups excluding tert-OH is 1. The minimum Gasteiger partial charge on any atom is -0.395 e. The van der Waals surface area contributed by atoms with Gasteiger partial charge in [0.05, 0.1) is 12.0 Å². The van der Waals surface area contributed by atoms with Crippen LogP contribution in [0.15, 0.2) is 42.5 Å². The van der Waals surface area contributed by atoms with Gasteiger partial charge in [-0.1, -0.05) is 48.9 Å². The molecule has 0 aromatic heterocycles. The second-order valence-corrected chi connectivity index (χ2v) is 5.15. The molecule has 1 saturated carbocycles. The van der Waals surface area contributed by atoms with Crippen molar-refractivity contribution in [1.29, 1.82) is 0 Å². The number of ketones is 1. The average molecular weight is 240 g/mol. The Hall–Kier alpha value is -1.67. The topological polar surface area (TPSA) is 37.3 Å². The molecule has 18 heavy (non-hydrogen) atoms. The fourth-order valence-electron chi connectivity index (χ4n) is 2.77. The summed E-state index contributed by atoms with van der Waals surface area (Å²) in [6, 6.07) is 13.7. The number of carbonyl (C=O) groups is 1. The molecule has 2 aromatic carbocycles. The summed E-state index contributed by atoms with van der Waals surface area (Å²) in [5, 5.41) is 11.6. The minimum atomic E-state index is -0.510. The van der Waals surface area contributed by atoms with E-state index in [1.807, 2.05) is 42.5 Å². The van der Waals surface area contributed by atoms with E-state index in [1.54, 1.807) is 0 Å². The minimum absolute atomic E-state index is 0.0327. The van der Waals surface area contributed by atoms with Crippen molar-refractivity contribution in [1.82, 2.24) is 0 Å². The molecular weight excluding hydrogens is 224 g/mol. The zero-order valence-electron chi connectivity index (χ0n) is 10.2. The number of fused-ring (bicyclic) bond motifs is 1. The first-order valence-corrected chi connectivity index (χ1v) is 6.40.